The van der Waals surface area contributed by atoms with Crippen LogP contribution in [0, 0.1) is 18.2 Å². The molecule has 1 atom stereocenters. The predicted octanol–water partition coefficient (Wildman–Crippen LogP) is 3.78. The van der Waals surface area contributed by atoms with Crippen LogP contribution in [0.4, 0.5) is 17.6 Å². The summed E-state index contributed by atoms with van der Waals surface area (Å²) in [6, 6.07) is 7.86. The number of carbonyl (C=O) groups excluding carboxylic acids is 1. The van der Waals surface area contributed by atoms with Crippen LogP contribution in [-0.4, -0.2) is 35.1 Å². The standard InChI is InChI=1S/C24H17BrF4N2O7/c1-4-9-36-21(33)22(35-3)38-17-8-6-5-7-16(17)37-18-11-15(14(26)10-13(18)25)31-20(32)12-19(24(27,28)29)30(2)23(31)34/h1,5-8,10-12,22H,9H2,2-3H3. The van der Waals surface area contributed by atoms with Gasteiger partial charge in [-0.2, -0.15) is 13.2 Å². The van der Waals surface area contributed by atoms with E-state index in [-0.39, 0.29) is 43.5 Å². The first-order chi connectivity index (χ1) is 17.9. The van der Waals surface area contributed by atoms with Crippen LogP contribution in [0.2, 0.25) is 0 Å². The monoisotopic (exact) mass is 600 g/mol. The van der Waals surface area contributed by atoms with Crippen LogP contribution in [0.5, 0.6) is 17.2 Å². The molecule has 38 heavy (non-hydrogen) atoms. The fourth-order valence-electron chi connectivity index (χ4n) is 3.13. The highest BCUT2D eigenvalue weighted by atomic mass is 79.9. The second-order valence-corrected chi connectivity index (χ2v) is 8.18. The van der Waals surface area contributed by atoms with E-state index in [2.05, 4.69) is 21.9 Å². The first-order valence-electron chi connectivity index (χ1n) is 10.3. The highest BCUT2D eigenvalue weighted by Crippen LogP contribution is 2.37. The highest BCUT2D eigenvalue weighted by Gasteiger charge is 2.35. The van der Waals surface area contributed by atoms with E-state index in [0.717, 1.165) is 19.2 Å². The summed E-state index contributed by atoms with van der Waals surface area (Å²) in [5, 5.41) is 0. The molecular formula is C24H17BrF4N2O7. The number of esters is 1. The topological polar surface area (TPSA) is 98.0 Å². The zero-order chi connectivity index (χ0) is 28.2. The van der Waals surface area contributed by atoms with Crippen LogP contribution in [0.1, 0.15) is 5.69 Å². The van der Waals surface area contributed by atoms with E-state index >= 15 is 0 Å². The number of hydrogen-bond donors (Lipinski definition) is 0. The molecule has 1 unspecified atom stereocenters. The lowest BCUT2D eigenvalue weighted by molar-refractivity contribution is -0.171. The van der Waals surface area contributed by atoms with Gasteiger partial charge in [-0.05, 0) is 34.1 Å². The molecule has 0 fully saturated rings. The van der Waals surface area contributed by atoms with E-state index in [1.807, 2.05) is 0 Å². The van der Waals surface area contributed by atoms with Crippen LogP contribution in [0.3, 0.4) is 0 Å². The summed E-state index contributed by atoms with van der Waals surface area (Å²) in [6.45, 7) is -0.325. The molecule has 0 radical (unpaired) electrons. The van der Waals surface area contributed by atoms with E-state index in [1.54, 1.807) is 0 Å². The minimum atomic E-state index is -4.99. The van der Waals surface area contributed by atoms with Crippen molar-refractivity contribution < 1.29 is 41.3 Å². The maximum Gasteiger partial charge on any atom is 0.431 e. The molecule has 200 valence electrons. The summed E-state index contributed by atoms with van der Waals surface area (Å²) >= 11 is 3.10. The molecule has 0 aliphatic heterocycles. The number of ether oxygens (including phenoxy) is 4. The average Bonchev–Trinajstić information content (AvgIpc) is 2.86. The molecular weight excluding hydrogens is 584 g/mol. The zero-order valence-corrected chi connectivity index (χ0v) is 21.1. The van der Waals surface area contributed by atoms with Crippen molar-refractivity contribution in [1.29, 1.82) is 0 Å². The number of aromatic nitrogens is 2. The van der Waals surface area contributed by atoms with Crippen molar-refractivity contribution in [3.63, 3.8) is 0 Å². The Morgan fingerprint density at radius 2 is 1.79 bits per heavy atom. The van der Waals surface area contributed by atoms with Gasteiger partial charge in [-0.15, -0.1) is 6.42 Å². The fourth-order valence-corrected chi connectivity index (χ4v) is 3.52. The normalized spacial score (nSPS) is 11.9. The van der Waals surface area contributed by atoms with Gasteiger partial charge in [0.25, 0.3) is 11.8 Å². The average molecular weight is 601 g/mol. The third-order valence-corrected chi connectivity index (χ3v) is 5.48. The highest BCUT2D eigenvalue weighted by molar-refractivity contribution is 9.10. The SMILES string of the molecule is C#CCOC(=O)C(OC)Oc1ccccc1Oc1cc(-n2c(=O)cc(C(F)(F)F)n(C)c2=O)c(F)cc1Br. The first-order valence-corrected chi connectivity index (χ1v) is 11.1. The summed E-state index contributed by atoms with van der Waals surface area (Å²) in [5.41, 5.74) is -5.02. The van der Waals surface area contributed by atoms with Crippen molar-refractivity contribution in [2.24, 2.45) is 7.05 Å². The third-order valence-electron chi connectivity index (χ3n) is 4.86. The minimum Gasteiger partial charge on any atom is -0.452 e. The molecule has 3 aromatic rings. The van der Waals surface area contributed by atoms with Gasteiger partial charge in [0.05, 0.1) is 10.2 Å². The van der Waals surface area contributed by atoms with E-state index in [1.165, 1.54) is 31.4 Å². The molecule has 3 rings (SSSR count). The van der Waals surface area contributed by atoms with Crippen molar-refractivity contribution in [2.75, 3.05) is 13.7 Å². The van der Waals surface area contributed by atoms with Gasteiger partial charge in [-0.1, -0.05) is 18.1 Å². The van der Waals surface area contributed by atoms with Crippen LogP contribution >= 0.6 is 15.9 Å². The lowest BCUT2D eigenvalue weighted by atomic mass is 10.2. The number of nitrogens with zero attached hydrogens (tertiary/aromatic N) is 2. The predicted molar refractivity (Wildman–Crippen MR) is 128 cm³/mol. The smallest absolute Gasteiger partial charge is 0.431 e. The molecule has 0 aliphatic carbocycles. The number of hydrogen-bond acceptors (Lipinski definition) is 7. The van der Waals surface area contributed by atoms with Gasteiger partial charge in [0.1, 0.15) is 17.3 Å². The summed E-state index contributed by atoms with van der Waals surface area (Å²) in [5.74, 6) is -0.128. The lowest BCUT2D eigenvalue weighted by Crippen LogP contribution is -2.41. The number of para-hydroxylation sites is 2. The summed E-state index contributed by atoms with van der Waals surface area (Å²) < 4.78 is 75.8. The summed E-state index contributed by atoms with van der Waals surface area (Å²) in [6.07, 6.45) is -1.46. The molecule has 0 bridgehead atoms. The Balaban J connectivity index is 2.04. The number of methoxy groups -OCH3 is 1. The van der Waals surface area contributed by atoms with Crippen molar-refractivity contribution in [3.05, 3.63) is 79.3 Å². The quantitative estimate of drug-likeness (QED) is 0.168. The van der Waals surface area contributed by atoms with Crippen LogP contribution in [0.25, 0.3) is 5.69 Å². The largest absolute Gasteiger partial charge is 0.452 e. The Kier molecular flexibility index (Phi) is 8.64. The molecule has 2 aromatic carbocycles. The number of halogens is 5. The summed E-state index contributed by atoms with van der Waals surface area (Å²) in [4.78, 5) is 37.2. The van der Waals surface area contributed by atoms with Gasteiger partial charge in [-0.25, -0.2) is 18.5 Å². The number of terminal acetylenes is 1. The Hall–Kier alpha value is -4.09. The van der Waals surface area contributed by atoms with Gasteiger partial charge in [0.15, 0.2) is 18.1 Å². The first kappa shape index (κ1) is 28.5. The van der Waals surface area contributed by atoms with Crippen LogP contribution in [0.15, 0.2) is 56.5 Å². The fraction of sp³-hybridized carbons (Fsp3) is 0.208. The molecule has 0 amide bonds. The van der Waals surface area contributed by atoms with Gasteiger partial charge in [0.2, 0.25) is 0 Å². The third kappa shape index (κ3) is 6.06. The molecule has 0 spiro atoms. The van der Waals surface area contributed by atoms with E-state index in [9.17, 15) is 31.9 Å². The maximum atomic E-state index is 14.8. The lowest BCUT2D eigenvalue weighted by Gasteiger charge is -2.19. The van der Waals surface area contributed by atoms with Gasteiger partial charge >= 0.3 is 17.8 Å². The molecule has 0 aliphatic rings. The van der Waals surface area contributed by atoms with E-state index < -0.39 is 46.9 Å². The number of rotatable bonds is 8. The number of alkyl halides is 3. The van der Waals surface area contributed by atoms with Crippen molar-refractivity contribution >= 4 is 21.9 Å². The van der Waals surface area contributed by atoms with Crippen molar-refractivity contribution in [1.82, 2.24) is 9.13 Å². The molecule has 1 aromatic heterocycles. The molecule has 14 heteroatoms. The minimum absolute atomic E-state index is 0.0158. The summed E-state index contributed by atoms with van der Waals surface area (Å²) in [7, 11) is 1.97. The van der Waals surface area contributed by atoms with Crippen molar-refractivity contribution in [3.8, 4) is 35.3 Å². The van der Waals surface area contributed by atoms with Crippen molar-refractivity contribution in [2.45, 2.75) is 12.5 Å². The Labute approximate surface area is 220 Å². The number of carbonyl (C=O) groups is 1. The Morgan fingerprint density at radius 1 is 1.13 bits per heavy atom. The van der Waals surface area contributed by atoms with E-state index in [4.69, 9.17) is 25.4 Å². The zero-order valence-electron chi connectivity index (χ0n) is 19.5. The molecule has 0 N–H and O–H groups in total. The maximum absolute atomic E-state index is 14.8. The Morgan fingerprint density at radius 3 is 2.39 bits per heavy atom. The molecule has 9 nitrogen and oxygen atoms in total. The molecule has 0 saturated carbocycles. The van der Waals surface area contributed by atoms with Gasteiger partial charge in [-0.3, -0.25) is 9.36 Å². The van der Waals surface area contributed by atoms with E-state index in [0.29, 0.717) is 0 Å². The van der Waals surface area contributed by atoms with Crippen LogP contribution in [-0.2, 0) is 27.5 Å². The van der Waals surface area contributed by atoms with Crippen LogP contribution < -0.4 is 20.7 Å². The van der Waals surface area contributed by atoms with Gasteiger partial charge in [0, 0.05) is 26.3 Å². The second kappa shape index (κ2) is 11.5. The second-order valence-electron chi connectivity index (χ2n) is 7.32. The molecule has 1 heterocycles. The Bertz CT molecular complexity index is 1530. The molecule has 0 saturated heterocycles. The van der Waals surface area contributed by atoms with Gasteiger partial charge < -0.3 is 18.9 Å². The number of benzene rings is 2.